The van der Waals surface area contributed by atoms with Gasteiger partial charge in [0.15, 0.2) is 0 Å². The van der Waals surface area contributed by atoms with E-state index in [9.17, 15) is 4.79 Å². The minimum absolute atomic E-state index is 0.0521. The summed E-state index contributed by atoms with van der Waals surface area (Å²) in [7, 11) is 0. The molecule has 0 bridgehead atoms. The first-order chi connectivity index (χ1) is 8.20. The minimum Gasteiger partial charge on any atom is -0.298 e. The number of hydrogen-bond donors (Lipinski definition) is 0. The SMILES string of the molecule is N#Cc1ccc(Cn2c(Br)cccc2=O)cc1. The minimum atomic E-state index is -0.0521. The van der Waals surface area contributed by atoms with Gasteiger partial charge >= 0.3 is 0 Å². The quantitative estimate of drug-likeness (QED) is 0.797. The van der Waals surface area contributed by atoms with Crippen molar-refractivity contribution in [2.75, 3.05) is 0 Å². The maximum atomic E-state index is 11.6. The van der Waals surface area contributed by atoms with Crippen LogP contribution in [0, 0.1) is 11.3 Å². The highest BCUT2D eigenvalue weighted by molar-refractivity contribution is 9.10. The first-order valence-electron chi connectivity index (χ1n) is 5.05. The maximum Gasteiger partial charge on any atom is 0.251 e. The van der Waals surface area contributed by atoms with Crippen molar-refractivity contribution in [3.05, 3.63) is 68.5 Å². The Kier molecular flexibility index (Phi) is 3.40. The standard InChI is InChI=1S/C13H9BrN2O/c14-12-2-1-3-13(17)16(12)9-11-6-4-10(8-15)5-7-11/h1-7H,9H2. The largest absolute Gasteiger partial charge is 0.298 e. The first kappa shape index (κ1) is 11.6. The smallest absolute Gasteiger partial charge is 0.251 e. The van der Waals surface area contributed by atoms with Crippen LogP contribution in [-0.4, -0.2) is 4.57 Å². The lowest BCUT2D eigenvalue weighted by atomic mass is 10.1. The molecular weight excluding hydrogens is 280 g/mol. The van der Waals surface area contributed by atoms with Crippen LogP contribution in [0.3, 0.4) is 0 Å². The lowest BCUT2D eigenvalue weighted by molar-refractivity contribution is 0.740. The van der Waals surface area contributed by atoms with Crippen LogP contribution < -0.4 is 5.56 Å². The fourth-order valence-corrected chi connectivity index (χ4v) is 1.97. The van der Waals surface area contributed by atoms with E-state index >= 15 is 0 Å². The topological polar surface area (TPSA) is 45.8 Å². The van der Waals surface area contributed by atoms with Crippen molar-refractivity contribution in [1.82, 2.24) is 4.57 Å². The van der Waals surface area contributed by atoms with Crippen molar-refractivity contribution >= 4 is 15.9 Å². The first-order valence-corrected chi connectivity index (χ1v) is 5.84. The Bertz CT molecular complexity index is 623. The number of pyridine rings is 1. The third kappa shape index (κ3) is 2.63. The highest BCUT2D eigenvalue weighted by Crippen LogP contribution is 2.10. The van der Waals surface area contributed by atoms with E-state index in [2.05, 4.69) is 22.0 Å². The van der Waals surface area contributed by atoms with Crippen LogP contribution in [0.1, 0.15) is 11.1 Å². The average Bonchev–Trinajstić information content (AvgIpc) is 2.35. The molecule has 0 N–H and O–H groups in total. The van der Waals surface area contributed by atoms with E-state index in [0.717, 1.165) is 10.2 Å². The predicted molar refractivity (Wildman–Crippen MR) is 68.7 cm³/mol. The van der Waals surface area contributed by atoms with Gasteiger partial charge in [-0.25, -0.2) is 0 Å². The van der Waals surface area contributed by atoms with Crippen LogP contribution in [-0.2, 0) is 6.54 Å². The molecule has 84 valence electrons. The fraction of sp³-hybridized carbons (Fsp3) is 0.0769. The Labute approximate surface area is 107 Å². The molecule has 0 amide bonds. The maximum absolute atomic E-state index is 11.6. The number of nitriles is 1. The molecule has 0 saturated carbocycles. The zero-order chi connectivity index (χ0) is 12.3. The third-order valence-corrected chi connectivity index (χ3v) is 3.11. The zero-order valence-electron chi connectivity index (χ0n) is 8.93. The van der Waals surface area contributed by atoms with E-state index in [1.54, 1.807) is 22.8 Å². The summed E-state index contributed by atoms with van der Waals surface area (Å²) in [6.45, 7) is 0.492. The van der Waals surface area contributed by atoms with Gasteiger partial charge in [-0.3, -0.25) is 9.36 Å². The van der Waals surface area contributed by atoms with Crippen molar-refractivity contribution in [2.45, 2.75) is 6.54 Å². The molecular formula is C13H9BrN2O. The summed E-state index contributed by atoms with van der Waals surface area (Å²) in [5.41, 5.74) is 1.55. The molecule has 0 aliphatic carbocycles. The van der Waals surface area contributed by atoms with Gasteiger partial charge in [0.25, 0.3) is 5.56 Å². The highest BCUT2D eigenvalue weighted by Gasteiger charge is 2.01. The van der Waals surface area contributed by atoms with Crippen LogP contribution >= 0.6 is 15.9 Å². The summed E-state index contributed by atoms with van der Waals surface area (Å²) >= 11 is 3.34. The van der Waals surface area contributed by atoms with E-state index < -0.39 is 0 Å². The average molecular weight is 289 g/mol. The van der Waals surface area contributed by atoms with Gasteiger partial charge in [-0.05, 0) is 39.7 Å². The Morgan fingerprint density at radius 1 is 1.18 bits per heavy atom. The van der Waals surface area contributed by atoms with Gasteiger partial charge in [0, 0.05) is 6.07 Å². The molecule has 0 aliphatic heterocycles. The van der Waals surface area contributed by atoms with Crippen LogP contribution in [0.2, 0.25) is 0 Å². The zero-order valence-corrected chi connectivity index (χ0v) is 10.5. The highest BCUT2D eigenvalue weighted by atomic mass is 79.9. The van der Waals surface area contributed by atoms with Crippen LogP contribution in [0.4, 0.5) is 0 Å². The number of halogens is 1. The predicted octanol–water partition coefficient (Wildman–Crippen LogP) is 2.53. The normalized spacial score (nSPS) is 9.88. The lowest BCUT2D eigenvalue weighted by Crippen LogP contribution is -2.19. The molecule has 0 radical (unpaired) electrons. The second-order valence-electron chi connectivity index (χ2n) is 3.58. The van der Waals surface area contributed by atoms with Crippen LogP contribution in [0.15, 0.2) is 51.9 Å². The van der Waals surface area contributed by atoms with Crippen molar-refractivity contribution in [3.63, 3.8) is 0 Å². The van der Waals surface area contributed by atoms with Crippen molar-refractivity contribution < 1.29 is 0 Å². The van der Waals surface area contributed by atoms with Gasteiger partial charge in [-0.2, -0.15) is 5.26 Å². The number of aromatic nitrogens is 1. The Hall–Kier alpha value is -1.86. The molecule has 0 spiro atoms. The molecule has 0 saturated heterocycles. The summed E-state index contributed by atoms with van der Waals surface area (Å²) in [6.07, 6.45) is 0. The second kappa shape index (κ2) is 4.98. The molecule has 0 atom stereocenters. The van der Waals surface area contributed by atoms with E-state index in [0.29, 0.717) is 12.1 Å². The number of hydrogen-bond acceptors (Lipinski definition) is 2. The molecule has 4 heteroatoms. The van der Waals surface area contributed by atoms with Crippen LogP contribution in [0.25, 0.3) is 0 Å². The van der Waals surface area contributed by atoms with Gasteiger partial charge in [0.1, 0.15) is 0 Å². The summed E-state index contributed by atoms with van der Waals surface area (Å²) in [4.78, 5) is 11.6. The fourth-order valence-electron chi connectivity index (χ4n) is 1.52. The lowest BCUT2D eigenvalue weighted by Gasteiger charge is -2.07. The van der Waals surface area contributed by atoms with E-state index in [-0.39, 0.29) is 5.56 Å². The molecule has 1 aromatic heterocycles. The number of rotatable bonds is 2. The second-order valence-corrected chi connectivity index (χ2v) is 4.39. The third-order valence-electron chi connectivity index (χ3n) is 2.42. The van der Waals surface area contributed by atoms with E-state index in [1.165, 1.54) is 6.07 Å². The summed E-state index contributed by atoms with van der Waals surface area (Å²) in [6, 6.07) is 14.3. The molecule has 3 nitrogen and oxygen atoms in total. The van der Waals surface area contributed by atoms with Gasteiger partial charge in [0.05, 0.1) is 22.8 Å². The number of benzene rings is 1. The molecule has 2 rings (SSSR count). The molecule has 17 heavy (non-hydrogen) atoms. The Balaban J connectivity index is 2.32. The van der Waals surface area contributed by atoms with E-state index in [1.807, 2.05) is 18.2 Å². The molecule has 0 unspecified atom stereocenters. The molecule has 0 fully saturated rings. The number of nitrogens with zero attached hydrogens (tertiary/aromatic N) is 2. The summed E-state index contributed by atoms with van der Waals surface area (Å²) in [5.74, 6) is 0. The van der Waals surface area contributed by atoms with Gasteiger partial charge in [0.2, 0.25) is 0 Å². The Morgan fingerprint density at radius 2 is 1.88 bits per heavy atom. The van der Waals surface area contributed by atoms with Crippen molar-refractivity contribution in [3.8, 4) is 6.07 Å². The van der Waals surface area contributed by atoms with Crippen molar-refractivity contribution in [2.24, 2.45) is 0 Å². The molecule has 1 heterocycles. The van der Waals surface area contributed by atoms with Gasteiger partial charge in [-0.1, -0.05) is 18.2 Å². The van der Waals surface area contributed by atoms with Crippen LogP contribution in [0.5, 0.6) is 0 Å². The molecule has 1 aromatic carbocycles. The molecule has 0 aliphatic rings. The molecule has 2 aromatic rings. The monoisotopic (exact) mass is 288 g/mol. The van der Waals surface area contributed by atoms with Gasteiger partial charge < -0.3 is 0 Å². The summed E-state index contributed by atoms with van der Waals surface area (Å²) in [5, 5.41) is 8.69. The van der Waals surface area contributed by atoms with Crippen molar-refractivity contribution in [1.29, 1.82) is 5.26 Å². The summed E-state index contributed by atoms with van der Waals surface area (Å²) < 4.78 is 2.37. The van der Waals surface area contributed by atoms with E-state index in [4.69, 9.17) is 5.26 Å². The Morgan fingerprint density at radius 3 is 2.47 bits per heavy atom. The van der Waals surface area contributed by atoms with Gasteiger partial charge in [-0.15, -0.1) is 0 Å².